The lowest BCUT2D eigenvalue weighted by molar-refractivity contribution is -0.120. The lowest BCUT2D eigenvalue weighted by Gasteiger charge is -2.23. The Hall–Kier alpha value is -0.220. The van der Waals surface area contributed by atoms with Crippen molar-refractivity contribution in [3.8, 4) is 0 Å². The number of hydrogen-bond acceptors (Lipinski definition) is 3. The van der Waals surface area contributed by atoms with Gasteiger partial charge in [-0.3, -0.25) is 4.79 Å². The van der Waals surface area contributed by atoms with Gasteiger partial charge >= 0.3 is 0 Å². The van der Waals surface area contributed by atoms with E-state index >= 15 is 0 Å². The van der Waals surface area contributed by atoms with E-state index in [1.54, 1.807) is 11.8 Å². The summed E-state index contributed by atoms with van der Waals surface area (Å²) in [5.74, 6) is 1.92. The Kier molecular flexibility index (Phi) is 7.69. The molecule has 0 aromatic heterocycles. The third-order valence-corrected chi connectivity index (χ3v) is 4.44. The van der Waals surface area contributed by atoms with E-state index in [2.05, 4.69) is 17.6 Å². The third kappa shape index (κ3) is 6.32. The first-order valence-corrected chi connectivity index (χ1v) is 7.89. The van der Waals surface area contributed by atoms with Gasteiger partial charge in [-0.15, -0.1) is 11.8 Å². The fraction of sp³-hybridized carbons (Fsp3) is 0.923. The molecule has 1 aliphatic rings. The molecule has 0 spiro atoms. The maximum absolute atomic E-state index is 11.8. The highest BCUT2D eigenvalue weighted by molar-refractivity contribution is 8.00. The van der Waals surface area contributed by atoms with E-state index in [1.165, 1.54) is 25.7 Å². The highest BCUT2D eigenvalue weighted by Gasteiger charge is 2.16. The maximum Gasteiger partial charge on any atom is 0.232 e. The van der Waals surface area contributed by atoms with Crippen molar-refractivity contribution in [2.45, 2.75) is 44.8 Å². The van der Waals surface area contributed by atoms with Crippen LogP contribution < -0.4 is 10.6 Å². The number of carbonyl (C=O) groups excluding carboxylic acids is 1. The van der Waals surface area contributed by atoms with Crippen LogP contribution in [-0.4, -0.2) is 36.5 Å². The van der Waals surface area contributed by atoms with Crippen molar-refractivity contribution in [2.24, 2.45) is 5.92 Å². The molecular formula is C13H26N2OS. The summed E-state index contributed by atoms with van der Waals surface area (Å²) in [4.78, 5) is 11.8. The number of unbranched alkanes of at least 4 members (excludes halogenated alkanes) is 1. The zero-order chi connectivity index (χ0) is 12.5. The van der Waals surface area contributed by atoms with E-state index in [1.807, 2.05) is 6.92 Å². The average molecular weight is 258 g/mol. The summed E-state index contributed by atoms with van der Waals surface area (Å²) in [5.41, 5.74) is 0. The molecule has 4 heteroatoms. The molecule has 0 aromatic carbocycles. The van der Waals surface area contributed by atoms with Crippen molar-refractivity contribution < 1.29 is 4.79 Å². The van der Waals surface area contributed by atoms with Crippen LogP contribution in [0.3, 0.4) is 0 Å². The van der Waals surface area contributed by atoms with Crippen molar-refractivity contribution in [3.63, 3.8) is 0 Å². The lowest BCUT2D eigenvalue weighted by atomic mass is 10.00. The summed E-state index contributed by atoms with van der Waals surface area (Å²) in [6, 6.07) is 0. The number of nitrogens with one attached hydrogen (secondary N) is 2. The molecule has 1 amide bonds. The van der Waals surface area contributed by atoms with Crippen LogP contribution in [0.15, 0.2) is 0 Å². The molecular weight excluding hydrogens is 232 g/mol. The molecule has 3 nitrogen and oxygen atoms in total. The van der Waals surface area contributed by atoms with Gasteiger partial charge in [0, 0.05) is 6.54 Å². The van der Waals surface area contributed by atoms with Crippen LogP contribution in [0, 0.1) is 5.92 Å². The third-order valence-electron chi connectivity index (χ3n) is 3.20. The van der Waals surface area contributed by atoms with Gasteiger partial charge in [-0.05, 0) is 50.9 Å². The van der Waals surface area contributed by atoms with Gasteiger partial charge in [-0.2, -0.15) is 0 Å². The fourth-order valence-corrected chi connectivity index (χ4v) is 3.01. The highest BCUT2D eigenvalue weighted by Crippen LogP contribution is 2.13. The first-order valence-electron chi connectivity index (χ1n) is 6.84. The van der Waals surface area contributed by atoms with Gasteiger partial charge < -0.3 is 10.6 Å². The molecule has 1 saturated heterocycles. The Morgan fingerprint density at radius 3 is 3.06 bits per heavy atom. The topological polar surface area (TPSA) is 41.1 Å². The van der Waals surface area contributed by atoms with Crippen molar-refractivity contribution in [1.82, 2.24) is 10.6 Å². The number of thioether (sulfide) groups is 1. The van der Waals surface area contributed by atoms with E-state index in [0.717, 1.165) is 25.4 Å². The monoisotopic (exact) mass is 258 g/mol. The van der Waals surface area contributed by atoms with Crippen LogP contribution in [0.4, 0.5) is 0 Å². The average Bonchev–Trinajstić information content (AvgIpc) is 2.37. The Morgan fingerprint density at radius 2 is 2.41 bits per heavy atom. The van der Waals surface area contributed by atoms with Crippen LogP contribution in [-0.2, 0) is 4.79 Å². The minimum Gasteiger partial charge on any atom is -0.355 e. The molecule has 1 aliphatic heterocycles. The second-order valence-electron chi connectivity index (χ2n) is 4.82. The summed E-state index contributed by atoms with van der Waals surface area (Å²) in [7, 11) is 0. The smallest absolute Gasteiger partial charge is 0.232 e. The van der Waals surface area contributed by atoms with Gasteiger partial charge in [0.1, 0.15) is 0 Å². The first kappa shape index (κ1) is 14.8. The van der Waals surface area contributed by atoms with E-state index in [0.29, 0.717) is 5.92 Å². The molecule has 0 saturated carbocycles. The van der Waals surface area contributed by atoms with Crippen LogP contribution in [0.2, 0.25) is 0 Å². The van der Waals surface area contributed by atoms with Gasteiger partial charge in [0.15, 0.2) is 0 Å². The van der Waals surface area contributed by atoms with Crippen molar-refractivity contribution in [2.75, 3.05) is 25.4 Å². The summed E-state index contributed by atoms with van der Waals surface area (Å²) < 4.78 is 0. The molecule has 0 bridgehead atoms. The standard InChI is InChI=1S/C13H26N2OS/c1-3-4-8-17-11(2)13(16)15-10-12-6-5-7-14-9-12/h11-12,14H,3-10H2,1-2H3,(H,15,16). The number of piperidine rings is 1. The second kappa shape index (κ2) is 8.81. The second-order valence-corrected chi connectivity index (χ2v) is 6.27. The van der Waals surface area contributed by atoms with Gasteiger partial charge in [-0.1, -0.05) is 13.3 Å². The van der Waals surface area contributed by atoms with Gasteiger partial charge in [0.25, 0.3) is 0 Å². The van der Waals surface area contributed by atoms with Crippen LogP contribution >= 0.6 is 11.8 Å². The normalized spacial score (nSPS) is 22.1. The van der Waals surface area contributed by atoms with E-state index < -0.39 is 0 Å². The predicted octanol–water partition coefficient (Wildman–Crippen LogP) is 2.02. The zero-order valence-corrected chi connectivity index (χ0v) is 11.9. The molecule has 100 valence electrons. The minimum atomic E-state index is 0.0955. The molecule has 17 heavy (non-hydrogen) atoms. The van der Waals surface area contributed by atoms with Gasteiger partial charge in [-0.25, -0.2) is 0 Å². The van der Waals surface area contributed by atoms with Gasteiger partial charge in [0.2, 0.25) is 5.91 Å². The number of amides is 1. The van der Waals surface area contributed by atoms with Crippen LogP contribution in [0.25, 0.3) is 0 Å². The SMILES string of the molecule is CCCCSC(C)C(=O)NCC1CCCNC1. The first-order chi connectivity index (χ1) is 8.24. The van der Waals surface area contributed by atoms with Crippen molar-refractivity contribution in [1.29, 1.82) is 0 Å². The Morgan fingerprint density at radius 1 is 1.59 bits per heavy atom. The Balaban J connectivity index is 2.10. The summed E-state index contributed by atoms with van der Waals surface area (Å²) in [5, 5.41) is 6.55. The van der Waals surface area contributed by atoms with E-state index in [4.69, 9.17) is 0 Å². The number of rotatable bonds is 7. The highest BCUT2D eigenvalue weighted by atomic mass is 32.2. The Bertz CT molecular complexity index is 217. The quantitative estimate of drug-likeness (QED) is 0.687. The van der Waals surface area contributed by atoms with E-state index in [9.17, 15) is 4.79 Å². The number of carbonyl (C=O) groups is 1. The summed E-state index contributed by atoms with van der Waals surface area (Å²) in [6.07, 6.45) is 4.88. The summed E-state index contributed by atoms with van der Waals surface area (Å²) in [6.45, 7) is 7.21. The van der Waals surface area contributed by atoms with E-state index in [-0.39, 0.29) is 11.2 Å². The summed E-state index contributed by atoms with van der Waals surface area (Å²) >= 11 is 1.77. The van der Waals surface area contributed by atoms with Crippen molar-refractivity contribution >= 4 is 17.7 Å². The van der Waals surface area contributed by atoms with Crippen LogP contribution in [0.5, 0.6) is 0 Å². The molecule has 2 atom stereocenters. The largest absolute Gasteiger partial charge is 0.355 e. The Labute approximate surface area is 109 Å². The van der Waals surface area contributed by atoms with Gasteiger partial charge in [0.05, 0.1) is 5.25 Å². The van der Waals surface area contributed by atoms with Crippen LogP contribution in [0.1, 0.15) is 39.5 Å². The molecule has 2 unspecified atom stereocenters. The fourth-order valence-electron chi connectivity index (χ4n) is 1.97. The number of hydrogen-bond donors (Lipinski definition) is 2. The van der Waals surface area contributed by atoms with Crippen molar-refractivity contribution in [3.05, 3.63) is 0 Å². The minimum absolute atomic E-state index is 0.0955. The molecule has 0 aromatic rings. The zero-order valence-electron chi connectivity index (χ0n) is 11.1. The molecule has 1 heterocycles. The molecule has 1 rings (SSSR count). The maximum atomic E-state index is 11.8. The lowest BCUT2D eigenvalue weighted by Crippen LogP contribution is -2.40. The molecule has 0 aliphatic carbocycles. The molecule has 1 fully saturated rings. The molecule has 0 radical (unpaired) electrons. The molecule has 2 N–H and O–H groups in total. The predicted molar refractivity (Wildman–Crippen MR) is 75.4 cm³/mol.